The van der Waals surface area contributed by atoms with Crippen LogP contribution in [0.3, 0.4) is 0 Å². The summed E-state index contributed by atoms with van der Waals surface area (Å²) in [6.45, 7) is 2.91. The third-order valence-corrected chi connectivity index (χ3v) is 3.58. The van der Waals surface area contributed by atoms with Gasteiger partial charge in [-0.25, -0.2) is 0 Å². The normalized spacial score (nSPS) is 20.2. The zero-order valence-corrected chi connectivity index (χ0v) is 10.8. The topological polar surface area (TPSA) is 41.6 Å². The van der Waals surface area contributed by atoms with Gasteiger partial charge in [-0.1, -0.05) is 0 Å². The van der Waals surface area contributed by atoms with Gasteiger partial charge in [0.05, 0.1) is 13.2 Å². The Morgan fingerprint density at radius 1 is 1.71 bits per heavy atom. The minimum Gasteiger partial charge on any atom is -0.378 e. The predicted molar refractivity (Wildman–Crippen MR) is 68.0 cm³/mol. The summed E-state index contributed by atoms with van der Waals surface area (Å²) in [6, 6.07) is 2.22. The molecule has 94 valence electrons. The fourth-order valence-corrected chi connectivity index (χ4v) is 2.52. The monoisotopic (exact) mass is 254 g/mol. The van der Waals surface area contributed by atoms with Crippen LogP contribution in [0, 0.1) is 0 Å². The maximum Gasteiger partial charge on any atom is 0.224 e. The zero-order chi connectivity index (χ0) is 12.1. The second kappa shape index (κ2) is 6.14. The maximum atomic E-state index is 12.0. The van der Waals surface area contributed by atoms with E-state index in [9.17, 15) is 4.79 Å². The highest BCUT2D eigenvalue weighted by Gasteiger charge is 2.19. The molecule has 1 aromatic heterocycles. The predicted octanol–water partition coefficient (Wildman–Crippen LogP) is 1.09. The third kappa shape index (κ3) is 3.80. The van der Waals surface area contributed by atoms with Crippen LogP contribution in [0.25, 0.3) is 0 Å². The Labute approximate surface area is 106 Å². The van der Waals surface area contributed by atoms with Gasteiger partial charge < -0.3 is 15.0 Å². The number of rotatable bonds is 4. The molecule has 1 aliphatic heterocycles. The molecule has 0 aliphatic carbocycles. The molecule has 2 rings (SSSR count). The van der Waals surface area contributed by atoms with Crippen LogP contribution in [0.5, 0.6) is 0 Å². The highest BCUT2D eigenvalue weighted by molar-refractivity contribution is 7.07. The lowest BCUT2D eigenvalue weighted by Crippen LogP contribution is -2.44. The van der Waals surface area contributed by atoms with E-state index in [2.05, 4.69) is 16.8 Å². The Kier molecular flexibility index (Phi) is 4.53. The van der Waals surface area contributed by atoms with E-state index in [0.29, 0.717) is 19.6 Å². The molecule has 2 heterocycles. The number of nitrogens with one attached hydrogen (secondary N) is 1. The number of nitrogens with zero attached hydrogens (tertiary/aromatic N) is 1. The Morgan fingerprint density at radius 2 is 2.59 bits per heavy atom. The van der Waals surface area contributed by atoms with Gasteiger partial charge in [0.1, 0.15) is 0 Å². The Balaban J connectivity index is 1.78. The fraction of sp³-hybridized carbons (Fsp3) is 0.583. The standard InChI is InChI=1S/C12H18N2O2S/c1-14(7-10-2-5-17-9-10)12(15)6-11-8-16-4-3-13-11/h2,5,9,11,13H,3-4,6-8H2,1H3. The molecule has 1 unspecified atom stereocenters. The molecule has 4 nitrogen and oxygen atoms in total. The molecular weight excluding hydrogens is 236 g/mol. The molecule has 0 saturated carbocycles. The first-order valence-electron chi connectivity index (χ1n) is 5.82. The minimum atomic E-state index is 0.166. The Hall–Kier alpha value is -0.910. The van der Waals surface area contributed by atoms with Gasteiger partial charge in [0.2, 0.25) is 5.91 Å². The number of hydrogen-bond acceptors (Lipinski definition) is 4. The van der Waals surface area contributed by atoms with E-state index >= 15 is 0 Å². The van der Waals surface area contributed by atoms with E-state index in [0.717, 1.165) is 13.2 Å². The average molecular weight is 254 g/mol. The second-order valence-corrected chi connectivity index (χ2v) is 5.09. The average Bonchev–Trinajstić information content (AvgIpc) is 2.83. The van der Waals surface area contributed by atoms with Gasteiger partial charge in [-0.3, -0.25) is 4.79 Å². The Morgan fingerprint density at radius 3 is 3.24 bits per heavy atom. The van der Waals surface area contributed by atoms with Crippen molar-refractivity contribution < 1.29 is 9.53 Å². The molecule has 1 aliphatic rings. The molecule has 1 N–H and O–H groups in total. The number of carbonyl (C=O) groups is 1. The van der Waals surface area contributed by atoms with Crippen molar-refractivity contribution in [1.29, 1.82) is 0 Å². The summed E-state index contributed by atoms with van der Waals surface area (Å²) in [7, 11) is 1.85. The third-order valence-electron chi connectivity index (χ3n) is 2.85. The number of morpholine rings is 1. The van der Waals surface area contributed by atoms with Crippen molar-refractivity contribution in [2.24, 2.45) is 0 Å². The van der Waals surface area contributed by atoms with E-state index in [-0.39, 0.29) is 11.9 Å². The molecule has 1 atom stereocenters. The van der Waals surface area contributed by atoms with Crippen LogP contribution in [0.15, 0.2) is 16.8 Å². The quantitative estimate of drug-likeness (QED) is 0.874. The molecular formula is C12H18N2O2S. The van der Waals surface area contributed by atoms with Crippen molar-refractivity contribution in [3.63, 3.8) is 0 Å². The van der Waals surface area contributed by atoms with Gasteiger partial charge in [-0.2, -0.15) is 11.3 Å². The van der Waals surface area contributed by atoms with E-state index in [1.165, 1.54) is 5.56 Å². The van der Waals surface area contributed by atoms with Gasteiger partial charge in [-0.05, 0) is 22.4 Å². The number of carbonyl (C=O) groups excluding carboxylic acids is 1. The fourth-order valence-electron chi connectivity index (χ4n) is 1.86. The van der Waals surface area contributed by atoms with Crippen LogP contribution in [0.2, 0.25) is 0 Å². The molecule has 0 bridgehead atoms. The van der Waals surface area contributed by atoms with Crippen molar-refractivity contribution in [1.82, 2.24) is 10.2 Å². The smallest absolute Gasteiger partial charge is 0.224 e. The first-order chi connectivity index (χ1) is 8.25. The summed E-state index contributed by atoms with van der Waals surface area (Å²) in [5.74, 6) is 0.166. The summed E-state index contributed by atoms with van der Waals surface area (Å²) in [6.07, 6.45) is 0.515. The highest BCUT2D eigenvalue weighted by atomic mass is 32.1. The molecule has 0 aromatic carbocycles. The van der Waals surface area contributed by atoms with E-state index in [1.807, 2.05) is 12.4 Å². The van der Waals surface area contributed by atoms with E-state index < -0.39 is 0 Å². The number of amides is 1. The highest BCUT2D eigenvalue weighted by Crippen LogP contribution is 2.10. The van der Waals surface area contributed by atoms with Crippen molar-refractivity contribution in [3.8, 4) is 0 Å². The zero-order valence-electron chi connectivity index (χ0n) is 10.0. The molecule has 1 fully saturated rings. The lowest BCUT2D eigenvalue weighted by atomic mass is 10.2. The van der Waals surface area contributed by atoms with Gasteiger partial charge in [0.15, 0.2) is 0 Å². The summed E-state index contributed by atoms with van der Waals surface area (Å²) in [5.41, 5.74) is 1.19. The lowest BCUT2D eigenvalue weighted by Gasteiger charge is -2.25. The van der Waals surface area contributed by atoms with Crippen molar-refractivity contribution in [2.45, 2.75) is 19.0 Å². The lowest BCUT2D eigenvalue weighted by molar-refractivity contribution is -0.131. The maximum absolute atomic E-state index is 12.0. The van der Waals surface area contributed by atoms with Gasteiger partial charge in [-0.15, -0.1) is 0 Å². The van der Waals surface area contributed by atoms with Crippen LogP contribution in [-0.2, 0) is 16.1 Å². The molecule has 1 amide bonds. The summed E-state index contributed by atoms with van der Waals surface area (Å²) >= 11 is 1.66. The first-order valence-corrected chi connectivity index (χ1v) is 6.76. The summed E-state index contributed by atoms with van der Waals surface area (Å²) < 4.78 is 5.34. The van der Waals surface area contributed by atoms with E-state index in [1.54, 1.807) is 16.2 Å². The molecule has 0 radical (unpaired) electrons. The SMILES string of the molecule is CN(Cc1ccsc1)C(=O)CC1COCCN1. The van der Waals surface area contributed by atoms with Gasteiger partial charge in [0.25, 0.3) is 0 Å². The van der Waals surface area contributed by atoms with E-state index in [4.69, 9.17) is 4.74 Å². The summed E-state index contributed by atoms with van der Waals surface area (Å²) in [4.78, 5) is 13.7. The minimum absolute atomic E-state index is 0.166. The number of thiophene rings is 1. The van der Waals surface area contributed by atoms with Crippen LogP contribution in [-0.4, -0.2) is 43.7 Å². The Bertz CT molecular complexity index is 347. The van der Waals surface area contributed by atoms with Crippen LogP contribution >= 0.6 is 11.3 Å². The van der Waals surface area contributed by atoms with Crippen molar-refractivity contribution >= 4 is 17.2 Å². The molecule has 0 spiro atoms. The molecule has 1 saturated heterocycles. The summed E-state index contributed by atoms with van der Waals surface area (Å²) in [5, 5.41) is 7.40. The van der Waals surface area contributed by atoms with Crippen molar-refractivity contribution in [2.75, 3.05) is 26.8 Å². The molecule has 17 heavy (non-hydrogen) atoms. The largest absolute Gasteiger partial charge is 0.378 e. The van der Waals surface area contributed by atoms with Crippen LogP contribution in [0.4, 0.5) is 0 Å². The van der Waals surface area contributed by atoms with Gasteiger partial charge >= 0.3 is 0 Å². The molecule has 1 aromatic rings. The second-order valence-electron chi connectivity index (χ2n) is 4.31. The number of ether oxygens (including phenoxy) is 1. The van der Waals surface area contributed by atoms with Gasteiger partial charge in [0, 0.05) is 32.6 Å². The molecule has 5 heteroatoms. The number of hydrogen-bond donors (Lipinski definition) is 1. The van der Waals surface area contributed by atoms with Crippen LogP contribution < -0.4 is 5.32 Å². The van der Waals surface area contributed by atoms with Crippen molar-refractivity contribution in [3.05, 3.63) is 22.4 Å². The first kappa shape index (κ1) is 12.5. The van der Waals surface area contributed by atoms with Crippen LogP contribution in [0.1, 0.15) is 12.0 Å².